The van der Waals surface area contributed by atoms with Crippen LogP contribution in [-0.2, 0) is 24.1 Å². The van der Waals surface area contributed by atoms with Crippen molar-refractivity contribution in [2.24, 2.45) is 0 Å². The molecule has 73 heavy (non-hydrogen) atoms. The van der Waals surface area contributed by atoms with Crippen molar-refractivity contribution in [3.8, 4) is 34.5 Å². The monoisotopic (exact) mass is 984 g/mol. The summed E-state index contributed by atoms with van der Waals surface area (Å²) in [6.07, 6.45) is 3.06. The molecular formula is C59H64N6O8. The lowest BCUT2D eigenvalue weighted by molar-refractivity contribution is -0.134. The first-order chi connectivity index (χ1) is 35.6. The van der Waals surface area contributed by atoms with Crippen LogP contribution in [0.1, 0.15) is 96.3 Å². The zero-order valence-corrected chi connectivity index (χ0v) is 41.6. The topological polar surface area (TPSA) is 209 Å². The Hall–Kier alpha value is -7.91. The predicted molar refractivity (Wildman–Crippen MR) is 287 cm³/mol. The molecule has 3 unspecified atom stereocenters. The number of carboxylic acids is 1. The average molecular weight is 985 g/mol. The third-order valence-corrected chi connectivity index (χ3v) is 13.4. The highest BCUT2D eigenvalue weighted by Crippen LogP contribution is 2.40. The first kappa shape index (κ1) is 50.0. The quantitative estimate of drug-likeness (QED) is 0.0658. The molecule has 0 saturated carbocycles. The van der Waals surface area contributed by atoms with Gasteiger partial charge in [-0.1, -0.05) is 72.8 Å². The molecule has 14 heteroatoms. The summed E-state index contributed by atoms with van der Waals surface area (Å²) in [7, 11) is 0. The Morgan fingerprint density at radius 3 is 1.01 bits per heavy atom. The number of nitrogens with one attached hydrogen (secondary N) is 6. The van der Waals surface area contributed by atoms with Crippen LogP contribution in [0.3, 0.4) is 0 Å². The second kappa shape index (κ2) is 22.7. The number of aromatic amines is 3. The maximum atomic E-state index is 9.92. The van der Waals surface area contributed by atoms with Gasteiger partial charge < -0.3 is 65.5 Å². The van der Waals surface area contributed by atoms with Gasteiger partial charge in [0.1, 0.15) is 0 Å². The van der Waals surface area contributed by atoms with Gasteiger partial charge in [0.05, 0.1) is 37.9 Å². The smallest absolute Gasteiger partial charge is 0.300 e. The average Bonchev–Trinajstić information content (AvgIpc) is 4.11. The van der Waals surface area contributed by atoms with Gasteiger partial charge in [-0.3, -0.25) is 4.79 Å². The Balaban J connectivity index is 0.000000130. The van der Waals surface area contributed by atoms with Crippen molar-refractivity contribution in [1.82, 2.24) is 30.9 Å². The van der Waals surface area contributed by atoms with Crippen molar-refractivity contribution in [3.63, 3.8) is 0 Å². The molecule has 0 spiro atoms. The molecule has 9 aromatic rings. The Labute approximate surface area is 424 Å². The maximum Gasteiger partial charge on any atom is 0.300 e. The molecule has 3 aromatic heterocycles. The van der Waals surface area contributed by atoms with E-state index in [1.165, 1.54) is 66.5 Å². The molecule has 10 N–H and O–H groups in total. The lowest BCUT2D eigenvalue weighted by Crippen LogP contribution is -2.30. The van der Waals surface area contributed by atoms with Gasteiger partial charge in [-0.2, -0.15) is 0 Å². The molecule has 0 aliphatic carbocycles. The fourth-order valence-corrected chi connectivity index (χ4v) is 10.3. The molecule has 378 valence electrons. The van der Waals surface area contributed by atoms with E-state index in [1.54, 1.807) is 18.2 Å². The lowest BCUT2D eigenvalue weighted by atomic mass is 9.94. The van der Waals surface area contributed by atoms with Crippen LogP contribution in [0.4, 0.5) is 0 Å². The van der Waals surface area contributed by atoms with Crippen LogP contribution in [0, 0.1) is 0 Å². The van der Waals surface area contributed by atoms with Crippen LogP contribution < -0.4 is 30.2 Å². The molecule has 3 aliphatic rings. The maximum absolute atomic E-state index is 9.92. The Morgan fingerprint density at radius 2 is 0.740 bits per heavy atom. The van der Waals surface area contributed by atoms with Crippen LogP contribution in [0.2, 0.25) is 0 Å². The Bertz CT molecular complexity index is 3010. The van der Waals surface area contributed by atoms with Gasteiger partial charge in [-0.15, -0.1) is 0 Å². The first-order valence-corrected chi connectivity index (χ1v) is 25.1. The van der Waals surface area contributed by atoms with Crippen LogP contribution in [0.15, 0.2) is 127 Å². The van der Waals surface area contributed by atoms with Crippen molar-refractivity contribution >= 4 is 38.7 Å². The fourth-order valence-electron chi connectivity index (χ4n) is 10.3. The number of benzene rings is 6. The largest absolute Gasteiger partial charge is 0.504 e. The van der Waals surface area contributed by atoms with E-state index in [0.717, 1.165) is 62.5 Å². The number of phenols is 3. The van der Waals surface area contributed by atoms with Gasteiger partial charge in [0.2, 0.25) is 0 Å². The third kappa shape index (κ3) is 10.8. The van der Waals surface area contributed by atoms with E-state index >= 15 is 0 Å². The van der Waals surface area contributed by atoms with E-state index < -0.39 is 5.97 Å². The molecule has 14 nitrogen and oxygen atoms in total. The molecule has 0 amide bonds. The Morgan fingerprint density at radius 1 is 0.466 bits per heavy atom. The number of aromatic nitrogens is 3. The van der Waals surface area contributed by atoms with Gasteiger partial charge in [0.25, 0.3) is 5.97 Å². The summed E-state index contributed by atoms with van der Waals surface area (Å²) in [6.45, 7) is 11.2. The molecule has 12 rings (SSSR count). The minimum atomic E-state index is -0.833. The van der Waals surface area contributed by atoms with Gasteiger partial charge in [0, 0.05) is 76.3 Å². The second-order valence-corrected chi connectivity index (χ2v) is 18.1. The highest BCUT2D eigenvalue weighted by Gasteiger charge is 2.29. The number of aliphatic carboxylic acids is 1. The summed E-state index contributed by atoms with van der Waals surface area (Å²) in [5.41, 5.74) is 14.6. The number of aromatic hydroxyl groups is 3. The van der Waals surface area contributed by atoms with Crippen molar-refractivity contribution in [2.75, 3.05) is 39.5 Å². The normalized spacial score (nSPS) is 16.6. The van der Waals surface area contributed by atoms with Crippen molar-refractivity contribution < 1.29 is 39.4 Å². The SMILES string of the molecule is CC(=O)O.CCOc1cc(C2NCCc3c2[nH]c2ccccc32)ccc1O.CCOc1cc(C2NCCc3c2[nH]c2ccccc32)ccc1O.CCOc1cc(C2NCCc3c2[nH]c2ccccc32)ccc1O. The Kier molecular flexibility index (Phi) is 15.5. The number of H-pyrrole nitrogens is 3. The summed E-state index contributed by atoms with van der Waals surface area (Å²) < 4.78 is 16.6. The third-order valence-electron chi connectivity index (χ3n) is 13.4. The highest BCUT2D eigenvalue weighted by atomic mass is 16.5. The first-order valence-electron chi connectivity index (χ1n) is 25.1. The summed E-state index contributed by atoms with van der Waals surface area (Å²) in [5.74, 6) is 1.33. The van der Waals surface area contributed by atoms with Gasteiger partial charge in [-0.25, -0.2) is 0 Å². The van der Waals surface area contributed by atoms with Crippen LogP contribution >= 0.6 is 0 Å². The number of carboxylic acid groups (broad SMARTS) is 1. The number of carbonyl (C=O) groups is 1. The van der Waals surface area contributed by atoms with Crippen molar-refractivity contribution in [2.45, 2.75) is 65.1 Å². The van der Waals surface area contributed by atoms with Crippen LogP contribution in [0.5, 0.6) is 34.5 Å². The number of phenolic OH excluding ortho intramolecular Hbond substituents is 3. The molecular weight excluding hydrogens is 921 g/mol. The predicted octanol–water partition coefficient (Wildman–Crippen LogP) is 10.6. The van der Waals surface area contributed by atoms with E-state index in [-0.39, 0.29) is 35.4 Å². The lowest BCUT2D eigenvalue weighted by Gasteiger charge is -2.25. The summed E-state index contributed by atoms with van der Waals surface area (Å²) >= 11 is 0. The van der Waals surface area contributed by atoms with Crippen LogP contribution in [0.25, 0.3) is 32.7 Å². The molecule has 0 saturated heterocycles. The van der Waals surface area contributed by atoms with E-state index in [2.05, 4.69) is 104 Å². The molecule has 0 fully saturated rings. The molecule has 3 aliphatic heterocycles. The summed E-state index contributed by atoms with van der Waals surface area (Å²) in [5, 5.41) is 51.8. The van der Waals surface area contributed by atoms with E-state index in [0.29, 0.717) is 37.1 Å². The number of para-hydroxylation sites is 3. The second-order valence-electron chi connectivity index (χ2n) is 18.1. The van der Waals surface area contributed by atoms with Gasteiger partial charge in [-0.05, 0) is 128 Å². The van der Waals surface area contributed by atoms with E-state index in [1.807, 2.05) is 57.2 Å². The standard InChI is InChI=1S/3C19H20N2O2.C2H4O2/c3*1-2-23-17-11-12(7-8-16(17)22)18-19-14(9-10-20-18)13-5-3-4-6-15(13)21-19;1-2(3)4/h3*3-8,11,18,20-22H,2,9-10H2,1H3;1H3,(H,3,4). The van der Waals surface area contributed by atoms with E-state index in [9.17, 15) is 15.3 Å². The van der Waals surface area contributed by atoms with E-state index in [4.69, 9.17) is 24.1 Å². The number of rotatable bonds is 9. The van der Waals surface area contributed by atoms with Gasteiger partial charge >= 0.3 is 0 Å². The number of hydrogen-bond acceptors (Lipinski definition) is 10. The molecule has 6 aromatic carbocycles. The van der Waals surface area contributed by atoms with Crippen LogP contribution in [-0.4, -0.2) is 80.8 Å². The van der Waals surface area contributed by atoms with Gasteiger partial charge in [0.15, 0.2) is 34.5 Å². The molecule has 3 atom stereocenters. The van der Waals surface area contributed by atoms with Crippen molar-refractivity contribution in [1.29, 1.82) is 0 Å². The number of fused-ring (bicyclic) bond motifs is 9. The fraction of sp³-hybridized carbons (Fsp3) is 0.271. The molecule has 0 radical (unpaired) electrons. The minimum absolute atomic E-state index is 0.0888. The zero-order valence-electron chi connectivity index (χ0n) is 41.6. The van der Waals surface area contributed by atoms with Crippen molar-refractivity contribution in [3.05, 3.63) is 178 Å². The summed E-state index contributed by atoms with van der Waals surface area (Å²) in [4.78, 5) is 19.7. The number of hydrogen-bond donors (Lipinski definition) is 10. The zero-order chi connectivity index (χ0) is 51.0. The number of ether oxygens (including phenoxy) is 3. The molecule has 0 bridgehead atoms. The highest BCUT2D eigenvalue weighted by molar-refractivity contribution is 5.87. The minimum Gasteiger partial charge on any atom is -0.504 e. The molecule has 6 heterocycles. The summed E-state index contributed by atoms with van der Waals surface area (Å²) in [6, 6.07) is 42.3.